The van der Waals surface area contributed by atoms with Crippen molar-refractivity contribution in [2.75, 3.05) is 0 Å². The van der Waals surface area contributed by atoms with Crippen LogP contribution in [0.2, 0.25) is 17.3 Å². The standard InChI is InChI=1S/C26H18NOS.C14H16GeN.Ir/c1-15(2)16-10-11-27-22(12-16)19-8-5-7-18-20-14-25-21(13-23(20)28-26(18)19)17-6-3-4-9-24(17)29-25;1-15(2,3)13-9-10-14(16-11-13)12-7-5-4-6-8-12;/h3-7,9-15H,1-2H3;4-7,9-11H,1-3H3;/q2*-1;. The Morgan fingerprint density at radius 2 is 1.54 bits per heavy atom. The van der Waals surface area contributed by atoms with Crippen LogP contribution in [0.5, 0.6) is 0 Å². The van der Waals surface area contributed by atoms with E-state index in [4.69, 9.17) is 4.42 Å². The molecule has 0 aliphatic rings. The van der Waals surface area contributed by atoms with Crippen LogP contribution < -0.4 is 4.40 Å². The number of pyridine rings is 2. The number of hydrogen-bond donors (Lipinski definition) is 0. The third-order valence-corrected chi connectivity index (χ3v) is 13.6. The summed E-state index contributed by atoms with van der Waals surface area (Å²) in [7, 11) is 0. The van der Waals surface area contributed by atoms with Crippen molar-refractivity contribution in [1.82, 2.24) is 9.97 Å². The summed E-state index contributed by atoms with van der Waals surface area (Å²) in [6, 6.07) is 40.2. The number of benzene rings is 4. The summed E-state index contributed by atoms with van der Waals surface area (Å²) < 4.78 is 10.4. The third kappa shape index (κ3) is 6.34. The van der Waals surface area contributed by atoms with Gasteiger partial charge in [-0.3, -0.25) is 0 Å². The normalized spacial score (nSPS) is 11.6. The molecule has 8 aromatic rings. The molecule has 8 rings (SSSR count). The van der Waals surface area contributed by atoms with Crippen LogP contribution in [-0.4, -0.2) is 23.2 Å². The van der Waals surface area contributed by atoms with E-state index >= 15 is 0 Å². The van der Waals surface area contributed by atoms with E-state index in [0.717, 1.165) is 44.5 Å². The van der Waals surface area contributed by atoms with Gasteiger partial charge in [-0.25, -0.2) is 0 Å². The molecule has 4 aromatic heterocycles. The van der Waals surface area contributed by atoms with Gasteiger partial charge in [0.2, 0.25) is 0 Å². The first-order valence-corrected chi connectivity index (χ1v) is 23.5. The summed E-state index contributed by atoms with van der Waals surface area (Å²) in [5.74, 6) is 7.59. The first kappa shape index (κ1) is 32.3. The van der Waals surface area contributed by atoms with Crippen molar-refractivity contribution in [2.24, 2.45) is 0 Å². The van der Waals surface area contributed by atoms with Crippen molar-refractivity contribution in [2.45, 2.75) is 37.0 Å². The smallest absolute Gasteiger partial charge is 0 e. The van der Waals surface area contributed by atoms with Crippen molar-refractivity contribution in [3.05, 3.63) is 127 Å². The molecule has 0 aliphatic carbocycles. The molecule has 0 unspecified atom stereocenters. The Bertz CT molecular complexity index is 2280. The SMILES string of the molecule is CC(C)c1ccnc(-c2[c-]ccc3c2oc2cc4c(cc23)sc2ccccc24)c1.[CH3][Ge]([CH3])([CH3])[c]1ccc(-c2[c-]cccc2)nc1.[Ir]. The first-order chi connectivity index (χ1) is 21.8. The van der Waals surface area contributed by atoms with E-state index in [1.807, 2.05) is 54.1 Å². The van der Waals surface area contributed by atoms with Crippen molar-refractivity contribution in [1.29, 1.82) is 0 Å². The molecule has 0 fully saturated rings. The fraction of sp³-hybridized carbons (Fsp3) is 0.150. The molecule has 0 N–H and O–H groups in total. The Morgan fingerprint density at radius 1 is 0.717 bits per heavy atom. The van der Waals surface area contributed by atoms with Gasteiger partial charge in [-0.15, -0.1) is 29.5 Å². The predicted octanol–water partition coefficient (Wildman–Crippen LogP) is 11.0. The monoisotopic (exact) mass is 857 g/mol. The van der Waals surface area contributed by atoms with Gasteiger partial charge >= 0.3 is 99.8 Å². The summed E-state index contributed by atoms with van der Waals surface area (Å²) >= 11 is 0.116. The Morgan fingerprint density at radius 3 is 2.28 bits per heavy atom. The molecule has 4 heterocycles. The van der Waals surface area contributed by atoms with Gasteiger partial charge in [-0.05, 0) is 35.9 Å². The molecule has 1 radical (unpaired) electrons. The molecule has 0 saturated heterocycles. The average Bonchev–Trinajstić information content (AvgIpc) is 3.61. The fourth-order valence-corrected chi connectivity index (χ4v) is 8.94. The Labute approximate surface area is 290 Å². The topological polar surface area (TPSA) is 38.9 Å². The molecule has 0 bridgehead atoms. The maximum atomic E-state index is 6.40. The van der Waals surface area contributed by atoms with Gasteiger partial charge in [0.25, 0.3) is 0 Å². The van der Waals surface area contributed by atoms with Gasteiger partial charge in [-0.2, -0.15) is 0 Å². The number of aromatic nitrogens is 2. The van der Waals surface area contributed by atoms with E-state index in [0.29, 0.717) is 5.92 Å². The second kappa shape index (κ2) is 13.2. The minimum absolute atomic E-state index is 0. The average molecular weight is 856 g/mol. The number of fused-ring (bicyclic) bond motifs is 6. The van der Waals surface area contributed by atoms with E-state index in [-0.39, 0.29) is 20.1 Å². The minimum atomic E-state index is -1.72. The Balaban J connectivity index is 0.000000187. The van der Waals surface area contributed by atoms with Gasteiger partial charge in [0.05, 0.1) is 5.58 Å². The van der Waals surface area contributed by atoms with Gasteiger partial charge < -0.3 is 9.40 Å². The quantitative estimate of drug-likeness (QED) is 0.131. The van der Waals surface area contributed by atoms with Crippen LogP contribution in [0.3, 0.4) is 0 Å². The number of nitrogens with zero attached hydrogens (tertiary/aromatic N) is 2. The summed E-state index contributed by atoms with van der Waals surface area (Å²) in [5.41, 5.74) is 6.95. The Hall–Kier alpha value is -3.61. The van der Waals surface area contributed by atoms with Crippen molar-refractivity contribution < 1.29 is 24.5 Å². The molecule has 0 spiro atoms. The van der Waals surface area contributed by atoms with Crippen LogP contribution in [0.25, 0.3) is 64.6 Å². The van der Waals surface area contributed by atoms with Crippen LogP contribution in [0.4, 0.5) is 0 Å². The largest absolute Gasteiger partial charge is 0 e. The van der Waals surface area contributed by atoms with Crippen molar-refractivity contribution >= 4 is 71.1 Å². The maximum Gasteiger partial charge on any atom is 0 e. The summed E-state index contributed by atoms with van der Waals surface area (Å²) in [6.07, 6.45) is 3.91. The van der Waals surface area contributed by atoms with E-state index in [9.17, 15) is 0 Å². The first-order valence-electron chi connectivity index (χ1n) is 15.3. The van der Waals surface area contributed by atoms with E-state index in [1.54, 1.807) is 0 Å². The molecule has 3 nitrogen and oxygen atoms in total. The Kier molecular flexibility index (Phi) is 9.31. The zero-order valence-corrected chi connectivity index (χ0v) is 31.8. The number of rotatable bonds is 4. The summed E-state index contributed by atoms with van der Waals surface area (Å²) in [4.78, 5) is 9.14. The van der Waals surface area contributed by atoms with Crippen LogP contribution >= 0.6 is 11.3 Å². The van der Waals surface area contributed by atoms with Crippen LogP contribution in [0.1, 0.15) is 25.3 Å². The molecule has 0 atom stereocenters. The third-order valence-electron chi connectivity index (χ3n) is 8.25. The zero-order chi connectivity index (χ0) is 31.1. The molecule has 231 valence electrons. The van der Waals surface area contributed by atoms with Gasteiger partial charge in [-0.1, -0.05) is 54.6 Å². The van der Waals surface area contributed by atoms with Crippen LogP contribution in [-0.2, 0) is 20.1 Å². The summed E-state index contributed by atoms with van der Waals surface area (Å²) in [6.45, 7) is 4.39. The van der Waals surface area contributed by atoms with Gasteiger partial charge in [0.15, 0.2) is 0 Å². The number of thiophene rings is 1. The van der Waals surface area contributed by atoms with Crippen molar-refractivity contribution in [3.63, 3.8) is 0 Å². The number of hydrogen-bond acceptors (Lipinski definition) is 4. The molecular weight excluding hydrogens is 821 g/mol. The molecule has 46 heavy (non-hydrogen) atoms. The van der Waals surface area contributed by atoms with Crippen molar-refractivity contribution in [3.8, 4) is 22.5 Å². The van der Waals surface area contributed by atoms with E-state index in [2.05, 4.69) is 120 Å². The molecule has 0 saturated carbocycles. The number of furan rings is 1. The van der Waals surface area contributed by atoms with Crippen LogP contribution in [0, 0.1) is 12.1 Å². The van der Waals surface area contributed by atoms with Gasteiger partial charge in [0.1, 0.15) is 5.58 Å². The second-order valence-corrected chi connectivity index (χ2v) is 24.5. The van der Waals surface area contributed by atoms with Crippen LogP contribution in [0.15, 0.2) is 114 Å². The molecular formula is C40H34GeIrN2OS-2. The maximum absolute atomic E-state index is 6.40. The van der Waals surface area contributed by atoms with Gasteiger partial charge in [0, 0.05) is 51.9 Å². The summed E-state index contributed by atoms with van der Waals surface area (Å²) in [5, 5.41) is 4.80. The molecule has 0 aliphatic heterocycles. The molecule has 6 heteroatoms. The molecule has 0 amide bonds. The minimum Gasteiger partial charge on any atom is 0 e. The zero-order valence-electron chi connectivity index (χ0n) is 26.5. The predicted molar refractivity (Wildman–Crippen MR) is 194 cm³/mol. The van der Waals surface area contributed by atoms with E-state index < -0.39 is 13.3 Å². The molecule has 4 aromatic carbocycles. The second-order valence-electron chi connectivity index (χ2n) is 12.7. The fourth-order valence-electron chi connectivity index (χ4n) is 5.64. The van der Waals surface area contributed by atoms with E-state index in [1.165, 1.54) is 30.1 Å².